The standard InChI is InChI=1S/C21H21N3O4/c25-18-13-28-19-16(22-18)7-4-8-17(19)23-20(26)14-9-11-24(12-10-14)21(27)15-5-2-1-3-6-15/h1-8,14H,9-13H2,(H,22,25)(H,23,26). The van der Waals surface area contributed by atoms with Crippen LogP contribution in [0.5, 0.6) is 5.75 Å². The van der Waals surface area contributed by atoms with Crippen LogP contribution in [0.1, 0.15) is 23.2 Å². The van der Waals surface area contributed by atoms with Gasteiger partial charge in [-0.15, -0.1) is 0 Å². The molecular formula is C21H21N3O4. The molecular weight excluding hydrogens is 358 g/mol. The van der Waals surface area contributed by atoms with Gasteiger partial charge in [0.05, 0.1) is 11.4 Å². The van der Waals surface area contributed by atoms with E-state index in [0.29, 0.717) is 48.6 Å². The summed E-state index contributed by atoms with van der Waals surface area (Å²) in [5, 5.41) is 5.64. The molecule has 3 amide bonds. The fourth-order valence-corrected chi connectivity index (χ4v) is 3.56. The van der Waals surface area contributed by atoms with E-state index >= 15 is 0 Å². The smallest absolute Gasteiger partial charge is 0.262 e. The molecule has 144 valence electrons. The minimum Gasteiger partial charge on any atom is -0.479 e. The number of hydrogen-bond acceptors (Lipinski definition) is 4. The number of benzene rings is 2. The number of anilines is 2. The number of rotatable bonds is 3. The molecule has 2 N–H and O–H groups in total. The summed E-state index contributed by atoms with van der Waals surface area (Å²) in [5.74, 6) is -0.00567. The zero-order chi connectivity index (χ0) is 19.5. The molecule has 0 saturated carbocycles. The lowest BCUT2D eigenvalue weighted by Crippen LogP contribution is -2.41. The topological polar surface area (TPSA) is 87.7 Å². The second-order valence-electron chi connectivity index (χ2n) is 6.94. The van der Waals surface area contributed by atoms with Crippen molar-refractivity contribution in [1.82, 2.24) is 4.90 Å². The summed E-state index contributed by atoms with van der Waals surface area (Å²) in [6.07, 6.45) is 1.22. The lowest BCUT2D eigenvalue weighted by Gasteiger charge is -2.31. The van der Waals surface area contributed by atoms with Crippen molar-refractivity contribution in [2.24, 2.45) is 5.92 Å². The highest BCUT2D eigenvalue weighted by molar-refractivity contribution is 6.00. The van der Waals surface area contributed by atoms with Crippen LogP contribution in [-0.4, -0.2) is 42.3 Å². The normalized spacial score (nSPS) is 16.6. The zero-order valence-electron chi connectivity index (χ0n) is 15.3. The summed E-state index contributed by atoms with van der Waals surface area (Å²) < 4.78 is 5.47. The quantitative estimate of drug-likeness (QED) is 0.858. The summed E-state index contributed by atoms with van der Waals surface area (Å²) in [7, 11) is 0. The number of ether oxygens (including phenoxy) is 1. The highest BCUT2D eigenvalue weighted by Crippen LogP contribution is 2.36. The van der Waals surface area contributed by atoms with Gasteiger partial charge < -0.3 is 20.3 Å². The van der Waals surface area contributed by atoms with Gasteiger partial charge in [-0.25, -0.2) is 0 Å². The molecule has 0 atom stereocenters. The molecule has 2 aromatic carbocycles. The third-order valence-electron chi connectivity index (χ3n) is 5.07. The fourth-order valence-electron chi connectivity index (χ4n) is 3.56. The minimum absolute atomic E-state index is 0.000675. The van der Waals surface area contributed by atoms with E-state index in [0.717, 1.165) is 0 Å². The zero-order valence-corrected chi connectivity index (χ0v) is 15.3. The van der Waals surface area contributed by atoms with Crippen LogP contribution in [-0.2, 0) is 9.59 Å². The lowest BCUT2D eigenvalue weighted by molar-refractivity contribution is -0.121. The average Bonchev–Trinajstić information content (AvgIpc) is 2.74. The van der Waals surface area contributed by atoms with Crippen molar-refractivity contribution in [1.29, 1.82) is 0 Å². The number of piperidine rings is 1. The molecule has 7 heteroatoms. The summed E-state index contributed by atoms with van der Waals surface area (Å²) in [5.41, 5.74) is 1.77. The first-order chi connectivity index (χ1) is 13.6. The lowest BCUT2D eigenvalue weighted by atomic mass is 9.95. The van der Waals surface area contributed by atoms with Crippen LogP contribution in [0.15, 0.2) is 48.5 Å². The van der Waals surface area contributed by atoms with Gasteiger partial charge in [-0.3, -0.25) is 14.4 Å². The molecule has 2 aromatic rings. The summed E-state index contributed by atoms with van der Waals surface area (Å²) in [6, 6.07) is 14.4. The summed E-state index contributed by atoms with van der Waals surface area (Å²) >= 11 is 0. The van der Waals surface area contributed by atoms with Crippen molar-refractivity contribution in [3.63, 3.8) is 0 Å². The molecule has 2 aliphatic heterocycles. The summed E-state index contributed by atoms with van der Waals surface area (Å²) in [6.45, 7) is 1.02. The third-order valence-corrected chi connectivity index (χ3v) is 5.07. The Balaban J connectivity index is 1.37. The molecule has 2 aliphatic rings. The Morgan fingerprint density at radius 2 is 1.79 bits per heavy atom. The maximum atomic E-state index is 12.7. The monoisotopic (exact) mass is 379 g/mol. The van der Waals surface area contributed by atoms with Gasteiger partial charge >= 0.3 is 0 Å². The van der Waals surface area contributed by atoms with Crippen molar-refractivity contribution in [2.75, 3.05) is 30.3 Å². The molecule has 4 rings (SSSR count). The molecule has 28 heavy (non-hydrogen) atoms. The molecule has 2 heterocycles. The van der Waals surface area contributed by atoms with E-state index in [4.69, 9.17) is 4.74 Å². The molecule has 0 radical (unpaired) electrons. The SMILES string of the molecule is O=C1COc2c(cccc2NC(=O)C2CCN(C(=O)c3ccccc3)CC2)N1. The van der Waals surface area contributed by atoms with Crippen LogP contribution < -0.4 is 15.4 Å². The largest absolute Gasteiger partial charge is 0.479 e. The van der Waals surface area contributed by atoms with E-state index in [2.05, 4.69) is 10.6 Å². The number of para-hydroxylation sites is 1. The van der Waals surface area contributed by atoms with Gasteiger partial charge in [-0.05, 0) is 37.1 Å². The predicted molar refractivity (Wildman–Crippen MR) is 104 cm³/mol. The van der Waals surface area contributed by atoms with Gasteiger partial charge in [0.25, 0.3) is 11.8 Å². The minimum atomic E-state index is -0.216. The van der Waals surface area contributed by atoms with Gasteiger partial charge in [0.15, 0.2) is 12.4 Å². The van der Waals surface area contributed by atoms with E-state index in [1.807, 2.05) is 18.2 Å². The van der Waals surface area contributed by atoms with Gasteiger partial charge in [0.2, 0.25) is 5.91 Å². The number of carbonyl (C=O) groups excluding carboxylic acids is 3. The first-order valence-corrected chi connectivity index (χ1v) is 9.32. The van der Waals surface area contributed by atoms with Crippen molar-refractivity contribution in [2.45, 2.75) is 12.8 Å². The molecule has 0 spiro atoms. The maximum Gasteiger partial charge on any atom is 0.262 e. The Bertz CT molecular complexity index is 905. The maximum absolute atomic E-state index is 12.7. The van der Waals surface area contributed by atoms with Crippen molar-refractivity contribution < 1.29 is 19.1 Å². The first kappa shape index (κ1) is 18.0. The molecule has 0 unspecified atom stereocenters. The highest BCUT2D eigenvalue weighted by atomic mass is 16.5. The third kappa shape index (κ3) is 3.69. The van der Waals surface area contributed by atoms with E-state index in [9.17, 15) is 14.4 Å². The van der Waals surface area contributed by atoms with Crippen molar-refractivity contribution in [3.05, 3.63) is 54.1 Å². The van der Waals surface area contributed by atoms with Crippen molar-refractivity contribution in [3.8, 4) is 5.75 Å². The Morgan fingerprint density at radius 1 is 1.04 bits per heavy atom. The van der Waals surface area contributed by atoms with E-state index in [1.165, 1.54) is 0 Å². The second kappa shape index (κ2) is 7.72. The van der Waals surface area contributed by atoms with Crippen LogP contribution in [0.3, 0.4) is 0 Å². The number of fused-ring (bicyclic) bond motifs is 1. The summed E-state index contributed by atoms with van der Waals surface area (Å²) in [4.78, 5) is 38.5. The molecule has 0 aliphatic carbocycles. The molecule has 1 saturated heterocycles. The Morgan fingerprint density at radius 3 is 2.54 bits per heavy atom. The average molecular weight is 379 g/mol. The first-order valence-electron chi connectivity index (χ1n) is 9.32. The predicted octanol–water partition coefficient (Wildman–Crippen LogP) is 2.51. The van der Waals surface area contributed by atoms with Gasteiger partial charge in [0.1, 0.15) is 0 Å². The number of nitrogens with zero attached hydrogens (tertiary/aromatic N) is 1. The Kier molecular flexibility index (Phi) is 4.97. The van der Waals surface area contributed by atoms with Gasteiger partial charge in [0, 0.05) is 24.6 Å². The molecule has 1 fully saturated rings. The van der Waals surface area contributed by atoms with Gasteiger partial charge in [-0.1, -0.05) is 24.3 Å². The molecule has 0 bridgehead atoms. The van der Waals surface area contributed by atoms with Crippen LogP contribution in [0, 0.1) is 5.92 Å². The number of amides is 3. The van der Waals surface area contributed by atoms with Gasteiger partial charge in [-0.2, -0.15) is 0 Å². The number of carbonyl (C=O) groups is 3. The Labute approximate surface area is 162 Å². The van der Waals surface area contributed by atoms with Crippen LogP contribution in [0.25, 0.3) is 0 Å². The van der Waals surface area contributed by atoms with E-state index in [1.54, 1.807) is 35.2 Å². The fraction of sp³-hybridized carbons (Fsp3) is 0.286. The second-order valence-corrected chi connectivity index (χ2v) is 6.94. The van der Waals surface area contributed by atoms with Crippen molar-refractivity contribution >= 4 is 29.1 Å². The number of hydrogen-bond donors (Lipinski definition) is 2. The highest BCUT2D eigenvalue weighted by Gasteiger charge is 2.29. The van der Waals surface area contributed by atoms with Crippen LogP contribution >= 0.6 is 0 Å². The van der Waals surface area contributed by atoms with E-state index in [-0.39, 0.29) is 30.2 Å². The van der Waals surface area contributed by atoms with Crippen LogP contribution in [0.4, 0.5) is 11.4 Å². The van der Waals surface area contributed by atoms with Crippen LogP contribution in [0.2, 0.25) is 0 Å². The number of nitrogens with one attached hydrogen (secondary N) is 2. The Hall–Kier alpha value is -3.35. The molecule has 7 nitrogen and oxygen atoms in total. The number of likely N-dealkylation sites (tertiary alicyclic amines) is 1. The van der Waals surface area contributed by atoms with E-state index < -0.39 is 0 Å². The molecule has 0 aromatic heterocycles.